The molecule has 0 unspecified atom stereocenters. The van der Waals surface area contributed by atoms with Gasteiger partial charge in [-0.25, -0.2) is 9.98 Å². The molecule has 0 aliphatic heterocycles. The number of hydrogen-bond acceptors (Lipinski definition) is 3. The third-order valence-electron chi connectivity index (χ3n) is 2.31. The SMILES string of the molecule is C=Nc1ncc(Cc2cccc(C(F)(F)F)c2)s1. The number of alkyl halides is 3. The summed E-state index contributed by atoms with van der Waals surface area (Å²) >= 11 is 1.32. The molecule has 0 N–H and O–H groups in total. The maximum Gasteiger partial charge on any atom is 0.416 e. The zero-order valence-electron chi connectivity index (χ0n) is 9.24. The highest BCUT2D eigenvalue weighted by atomic mass is 32.1. The normalized spacial score (nSPS) is 11.5. The summed E-state index contributed by atoms with van der Waals surface area (Å²) in [7, 11) is 0. The largest absolute Gasteiger partial charge is 0.416 e. The maximum atomic E-state index is 12.5. The van der Waals surface area contributed by atoms with Crippen LogP contribution in [0.25, 0.3) is 0 Å². The Morgan fingerprint density at radius 2 is 2.11 bits per heavy atom. The second-order valence-corrected chi connectivity index (χ2v) is 4.74. The summed E-state index contributed by atoms with van der Waals surface area (Å²) in [4.78, 5) is 8.49. The summed E-state index contributed by atoms with van der Waals surface area (Å²) in [6.07, 6.45) is -2.29. The molecule has 0 amide bonds. The summed E-state index contributed by atoms with van der Waals surface area (Å²) in [6.45, 7) is 3.35. The number of rotatable bonds is 3. The lowest BCUT2D eigenvalue weighted by Crippen LogP contribution is -2.05. The van der Waals surface area contributed by atoms with Gasteiger partial charge in [-0.15, -0.1) is 0 Å². The van der Waals surface area contributed by atoms with E-state index in [9.17, 15) is 13.2 Å². The Morgan fingerprint density at radius 3 is 2.72 bits per heavy atom. The third-order valence-corrected chi connectivity index (χ3v) is 3.24. The van der Waals surface area contributed by atoms with Crippen LogP contribution < -0.4 is 0 Å². The van der Waals surface area contributed by atoms with Gasteiger partial charge >= 0.3 is 6.18 Å². The molecule has 0 saturated heterocycles. The fourth-order valence-corrected chi connectivity index (χ4v) is 2.26. The number of halogens is 3. The quantitative estimate of drug-likeness (QED) is 0.771. The highest BCUT2D eigenvalue weighted by Gasteiger charge is 2.30. The van der Waals surface area contributed by atoms with Gasteiger partial charge < -0.3 is 0 Å². The molecule has 0 spiro atoms. The Morgan fingerprint density at radius 1 is 1.33 bits per heavy atom. The number of benzene rings is 1. The fraction of sp³-hybridized carbons (Fsp3) is 0.167. The average Bonchev–Trinajstić information content (AvgIpc) is 2.76. The Labute approximate surface area is 106 Å². The first-order chi connectivity index (χ1) is 8.49. The van der Waals surface area contributed by atoms with Crippen LogP contribution in [0.15, 0.2) is 35.5 Å². The molecular weight excluding hydrogens is 261 g/mol. The minimum atomic E-state index is -4.31. The van der Waals surface area contributed by atoms with Crippen molar-refractivity contribution >= 4 is 23.2 Å². The zero-order valence-corrected chi connectivity index (χ0v) is 10.1. The molecule has 2 nitrogen and oxygen atoms in total. The molecule has 0 aliphatic carbocycles. The van der Waals surface area contributed by atoms with E-state index in [1.807, 2.05) is 0 Å². The van der Waals surface area contributed by atoms with Crippen LogP contribution in [-0.2, 0) is 12.6 Å². The van der Waals surface area contributed by atoms with Gasteiger partial charge in [-0.2, -0.15) is 13.2 Å². The highest BCUT2D eigenvalue weighted by molar-refractivity contribution is 7.15. The van der Waals surface area contributed by atoms with Gasteiger partial charge in [0.1, 0.15) is 0 Å². The minimum Gasteiger partial charge on any atom is -0.236 e. The molecule has 0 radical (unpaired) electrons. The predicted molar refractivity (Wildman–Crippen MR) is 65.6 cm³/mol. The first-order valence-corrected chi connectivity index (χ1v) is 5.88. The van der Waals surface area contributed by atoms with Gasteiger partial charge in [-0.05, 0) is 18.3 Å². The van der Waals surface area contributed by atoms with Crippen molar-refractivity contribution in [2.75, 3.05) is 0 Å². The lowest BCUT2D eigenvalue weighted by Gasteiger charge is -2.07. The van der Waals surface area contributed by atoms with E-state index in [1.165, 1.54) is 17.4 Å². The Balaban J connectivity index is 2.21. The van der Waals surface area contributed by atoms with Gasteiger partial charge in [0.15, 0.2) is 0 Å². The molecule has 0 atom stereocenters. The van der Waals surface area contributed by atoms with Crippen LogP contribution in [0.1, 0.15) is 16.0 Å². The van der Waals surface area contributed by atoms with Gasteiger partial charge in [-0.3, -0.25) is 0 Å². The smallest absolute Gasteiger partial charge is 0.236 e. The van der Waals surface area contributed by atoms with Crippen molar-refractivity contribution in [3.63, 3.8) is 0 Å². The molecule has 1 aromatic heterocycles. The lowest BCUT2D eigenvalue weighted by molar-refractivity contribution is -0.137. The van der Waals surface area contributed by atoms with Crippen LogP contribution in [-0.4, -0.2) is 11.7 Å². The highest BCUT2D eigenvalue weighted by Crippen LogP contribution is 2.30. The summed E-state index contributed by atoms with van der Waals surface area (Å²) in [5, 5.41) is 0.525. The molecule has 1 heterocycles. The summed E-state index contributed by atoms with van der Waals surface area (Å²) in [5.74, 6) is 0. The Kier molecular flexibility index (Phi) is 3.47. The number of aliphatic imine (C=N–C) groups is 1. The van der Waals surface area contributed by atoms with Crippen molar-refractivity contribution in [3.05, 3.63) is 46.5 Å². The third kappa shape index (κ3) is 2.95. The second-order valence-electron chi connectivity index (χ2n) is 3.64. The van der Waals surface area contributed by atoms with E-state index in [4.69, 9.17) is 0 Å². The van der Waals surface area contributed by atoms with Crippen molar-refractivity contribution in [2.24, 2.45) is 4.99 Å². The van der Waals surface area contributed by atoms with E-state index in [0.29, 0.717) is 17.1 Å². The molecule has 94 valence electrons. The average molecular weight is 270 g/mol. The first-order valence-electron chi connectivity index (χ1n) is 5.06. The van der Waals surface area contributed by atoms with Gasteiger partial charge in [-0.1, -0.05) is 29.5 Å². The van der Waals surface area contributed by atoms with Gasteiger partial charge in [0.05, 0.1) is 5.56 Å². The van der Waals surface area contributed by atoms with Crippen molar-refractivity contribution in [1.29, 1.82) is 0 Å². The van der Waals surface area contributed by atoms with E-state index in [2.05, 4.69) is 16.7 Å². The molecule has 6 heteroatoms. The van der Waals surface area contributed by atoms with E-state index in [-0.39, 0.29) is 0 Å². The van der Waals surface area contributed by atoms with Gasteiger partial charge in [0.25, 0.3) is 0 Å². The molecule has 18 heavy (non-hydrogen) atoms. The molecule has 0 bridgehead atoms. The van der Waals surface area contributed by atoms with Crippen molar-refractivity contribution in [2.45, 2.75) is 12.6 Å². The van der Waals surface area contributed by atoms with Crippen molar-refractivity contribution in [3.8, 4) is 0 Å². The molecule has 0 saturated carbocycles. The number of thiazole rings is 1. The first kappa shape index (κ1) is 12.8. The van der Waals surface area contributed by atoms with Crippen LogP contribution >= 0.6 is 11.3 Å². The molecule has 2 rings (SSSR count). The van der Waals surface area contributed by atoms with Crippen LogP contribution in [0.3, 0.4) is 0 Å². The molecular formula is C12H9F3N2S. The summed E-state index contributed by atoms with van der Waals surface area (Å²) in [6, 6.07) is 5.29. The van der Waals surface area contributed by atoms with E-state index in [1.54, 1.807) is 12.3 Å². The molecule has 2 aromatic rings. The van der Waals surface area contributed by atoms with Crippen LogP contribution in [0.2, 0.25) is 0 Å². The number of nitrogens with zero attached hydrogens (tertiary/aromatic N) is 2. The van der Waals surface area contributed by atoms with Gasteiger partial charge in [0, 0.05) is 17.5 Å². The maximum absolute atomic E-state index is 12.5. The second kappa shape index (κ2) is 4.89. The van der Waals surface area contributed by atoms with Crippen LogP contribution in [0.4, 0.5) is 18.3 Å². The monoisotopic (exact) mass is 270 g/mol. The van der Waals surface area contributed by atoms with Crippen molar-refractivity contribution < 1.29 is 13.2 Å². The van der Waals surface area contributed by atoms with Crippen molar-refractivity contribution in [1.82, 2.24) is 4.98 Å². The molecule has 0 aliphatic rings. The topological polar surface area (TPSA) is 25.2 Å². The lowest BCUT2D eigenvalue weighted by atomic mass is 10.1. The number of hydrogen-bond donors (Lipinski definition) is 0. The van der Waals surface area contributed by atoms with E-state index < -0.39 is 11.7 Å². The standard InChI is InChI=1S/C12H9F3N2S/c1-16-11-17-7-10(18-11)6-8-3-2-4-9(5-8)12(13,14)15/h2-5,7H,1,6H2. The molecule has 0 fully saturated rings. The zero-order chi connectivity index (χ0) is 13.2. The predicted octanol–water partition coefficient (Wildman–Crippen LogP) is 4.08. The Bertz CT molecular complexity index is 560. The van der Waals surface area contributed by atoms with Crippen LogP contribution in [0, 0.1) is 0 Å². The Hall–Kier alpha value is -1.69. The number of aromatic nitrogens is 1. The summed E-state index contributed by atoms with van der Waals surface area (Å²) in [5.41, 5.74) is -0.0318. The van der Waals surface area contributed by atoms with E-state index in [0.717, 1.165) is 17.0 Å². The minimum absolute atomic E-state index is 0.414. The fourth-order valence-electron chi connectivity index (χ4n) is 1.51. The summed E-state index contributed by atoms with van der Waals surface area (Å²) < 4.78 is 37.6. The van der Waals surface area contributed by atoms with Crippen LogP contribution in [0.5, 0.6) is 0 Å². The van der Waals surface area contributed by atoms with Gasteiger partial charge in [0.2, 0.25) is 5.13 Å². The van der Waals surface area contributed by atoms with E-state index >= 15 is 0 Å². The molecule has 1 aromatic carbocycles.